The van der Waals surface area contributed by atoms with Crippen molar-refractivity contribution in [3.8, 4) is 0 Å². The first-order valence-electron chi connectivity index (χ1n) is 8.68. The molecule has 7 nitrogen and oxygen atoms in total. The van der Waals surface area contributed by atoms with Crippen LogP contribution in [0.15, 0.2) is 33.9 Å². The van der Waals surface area contributed by atoms with Crippen LogP contribution in [0, 0.1) is 6.92 Å². The molecule has 3 rings (SSSR count). The van der Waals surface area contributed by atoms with Crippen molar-refractivity contribution in [3.63, 3.8) is 0 Å². The van der Waals surface area contributed by atoms with Crippen molar-refractivity contribution in [2.45, 2.75) is 13.8 Å². The number of aryl methyl sites for hydroxylation is 1. The number of nitrogens with zero attached hydrogens (tertiary/aromatic N) is 4. The second kappa shape index (κ2) is 6.82. The van der Waals surface area contributed by atoms with Gasteiger partial charge >= 0.3 is 5.69 Å². The lowest BCUT2D eigenvalue weighted by atomic mass is 10.0. The van der Waals surface area contributed by atoms with Crippen molar-refractivity contribution >= 4 is 17.3 Å². The Morgan fingerprint density at radius 1 is 0.923 bits per heavy atom. The first-order chi connectivity index (χ1) is 12.3. The molecule has 1 fully saturated rings. The zero-order chi connectivity index (χ0) is 19.0. The van der Waals surface area contributed by atoms with Gasteiger partial charge in [-0.05, 0) is 31.5 Å². The van der Waals surface area contributed by atoms with E-state index in [1.807, 2.05) is 25.1 Å². The summed E-state index contributed by atoms with van der Waals surface area (Å²) < 4.78 is 2.62. The average molecular weight is 356 g/mol. The van der Waals surface area contributed by atoms with E-state index in [9.17, 15) is 14.4 Å². The second-order valence-electron chi connectivity index (χ2n) is 6.77. The van der Waals surface area contributed by atoms with E-state index in [1.165, 1.54) is 17.7 Å². The number of rotatable bonds is 3. The number of ketones is 1. The minimum absolute atomic E-state index is 0.0677. The molecule has 1 aromatic heterocycles. The quantitative estimate of drug-likeness (QED) is 0.765. The van der Waals surface area contributed by atoms with E-state index >= 15 is 0 Å². The summed E-state index contributed by atoms with van der Waals surface area (Å²) in [5, 5.41) is 0. The molecule has 0 amide bonds. The predicted octanol–water partition coefficient (Wildman–Crippen LogP) is 0.922. The van der Waals surface area contributed by atoms with Gasteiger partial charge in [-0.2, -0.15) is 0 Å². The third-order valence-corrected chi connectivity index (χ3v) is 5.07. The molecular weight excluding hydrogens is 332 g/mol. The molecule has 1 aliphatic heterocycles. The number of piperazine rings is 1. The van der Waals surface area contributed by atoms with Crippen molar-refractivity contribution in [2.75, 3.05) is 36.0 Å². The van der Waals surface area contributed by atoms with Crippen LogP contribution in [0.3, 0.4) is 0 Å². The van der Waals surface area contributed by atoms with E-state index in [1.54, 1.807) is 14.0 Å². The summed E-state index contributed by atoms with van der Waals surface area (Å²) in [6, 6.07) is 7.46. The van der Waals surface area contributed by atoms with Gasteiger partial charge in [0.05, 0.1) is 0 Å². The number of carbonyl (C=O) groups is 1. The van der Waals surface area contributed by atoms with Crippen LogP contribution in [-0.2, 0) is 14.1 Å². The number of carbonyl (C=O) groups excluding carboxylic acids is 1. The highest BCUT2D eigenvalue weighted by atomic mass is 16.2. The first-order valence-corrected chi connectivity index (χ1v) is 8.68. The maximum Gasteiger partial charge on any atom is 0.332 e. The van der Waals surface area contributed by atoms with E-state index in [0.29, 0.717) is 18.9 Å². The Bertz CT molecular complexity index is 966. The molecule has 2 aromatic rings. The third-order valence-electron chi connectivity index (χ3n) is 5.07. The molecule has 0 N–H and O–H groups in total. The summed E-state index contributed by atoms with van der Waals surface area (Å²) in [5.41, 5.74) is 2.14. The molecule has 0 unspecified atom stereocenters. The fourth-order valence-electron chi connectivity index (χ4n) is 3.40. The largest absolute Gasteiger partial charge is 0.368 e. The van der Waals surface area contributed by atoms with Crippen LogP contribution < -0.4 is 21.0 Å². The molecule has 26 heavy (non-hydrogen) atoms. The number of aromatic nitrogens is 2. The molecule has 1 saturated heterocycles. The monoisotopic (exact) mass is 356 g/mol. The van der Waals surface area contributed by atoms with E-state index in [4.69, 9.17) is 0 Å². The highest BCUT2D eigenvalue weighted by Crippen LogP contribution is 2.22. The van der Waals surface area contributed by atoms with E-state index in [2.05, 4.69) is 9.80 Å². The Labute approximate surface area is 152 Å². The van der Waals surface area contributed by atoms with E-state index in [0.717, 1.165) is 34.5 Å². The number of anilines is 2. The van der Waals surface area contributed by atoms with Crippen LogP contribution in [0.25, 0.3) is 0 Å². The normalized spacial score (nSPS) is 14.6. The zero-order valence-corrected chi connectivity index (χ0v) is 15.7. The molecular formula is C19H24N4O3. The summed E-state index contributed by atoms with van der Waals surface area (Å²) in [4.78, 5) is 40.1. The molecule has 7 heteroatoms. The number of Topliss-reactive ketones (excluding diaryl/α,β-unsaturated/α-hetero) is 1. The van der Waals surface area contributed by atoms with Crippen LogP contribution in [0.4, 0.5) is 11.5 Å². The maximum atomic E-state index is 12.1. The smallest absolute Gasteiger partial charge is 0.332 e. The van der Waals surface area contributed by atoms with Gasteiger partial charge in [0.15, 0.2) is 5.78 Å². The Morgan fingerprint density at radius 2 is 1.54 bits per heavy atom. The fourth-order valence-corrected chi connectivity index (χ4v) is 3.40. The van der Waals surface area contributed by atoms with E-state index < -0.39 is 0 Å². The van der Waals surface area contributed by atoms with Crippen LogP contribution in [0.5, 0.6) is 0 Å². The van der Waals surface area contributed by atoms with Crippen molar-refractivity contribution < 1.29 is 4.79 Å². The van der Waals surface area contributed by atoms with Gasteiger partial charge in [-0.1, -0.05) is 6.07 Å². The molecule has 0 spiro atoms. The van der Waals surface area contributed by atoms with Crippen LogP contribution in [0.2, 0.25) is 0 Å². The first kappa shape index (κ1) is 18.0. The van der Waals surface area contributed by atoms with Crippen LogP contribution >= 0.6 is 0 Å². The lowest BCUT2D eigenvalue weighted by Gasteiger charge is -2.37. The molecule has 0 bridgehead atoms. The number of benzene rings is 1. The van der Waals surface area contributed by atoms with Crippen molar-refractivity contribution in [2.24, 2.45) is 14.1 Å². The maximum absolute atomic E-state index is 12.1. The Hall–Kier alpha value is -2.83. The van der Waals surface area contributed by atoms with Gasteiger partial charge in [0, 0.05) is 57.6 Å². The molecule has 1 aliphatic rings. The summed E-state index contributed by atoms with van der Waals surface area (Å²) in [7, 11) is 3.17. The molecule has 2 heterocycles. The molecule has 0 saturated carbocycles. The molecule has 138 valence electrons. The summed E-state index contributed by atoms with van der Waals surface area (Å²) >= 11 is 0. The molecule has 0 atom stereocenters. The standard InChI is InChI=1S/C19H24N4O3/c1-13-5-6-15(11-16(13)14(2)24)22-7-9-23(10-8-22)17-12-18(25)21(4)19(26)20(17)3/h5-6,11-12H,7-10H2,1-4H3. The van der Waals surface area contributed by atoms with Gasteiger partial charge in [-0.25, -0.2) is 4.79 Å². The number of hydrogen-bond donors (Lipinski definition) is 0. The van der Waals surface area contributed by atoms with Crippen LogP contribution in [0.1, 0.15) is 22.8 Å². The van der Waals surface area contributed by atoms with Crippen LogP contribution in [-0.4, -0.2) is 41.1 Å². The summed E-state index contributed by atoms with van der Waals surface area (Å²) in [6.07, 6.45) is 0. The van der Waals surface area contributed by atoms with Crippen molar-refractivity contribution in [1.82, 2.24) is 9.13 Å². The SMILES string of the molecule is CC(=O)c1cc(N2CCN(c3cc(=O)n(C)c(=O)n3C)CC2)ccc1C. The Balaban J connectivity index is 1.80. The summed E-state index contributed by atoms with van der Waals surface area (Å²) in [6.45, 7) is 6.43. The second-order valence-corrected chi connectivity index (χ2v) is 6.77. The minimum Gasteiger partial charge on any atom is -0.368 e. The van der Waals surface area contributed by atoms with Gasteiger partial charge in [-0.3, -0.25) is 18.7 Å². The van der Waals surface area contributed by atoms with Crippen molar-refractivity contribution in [3.05, 3.63) is 56.2 Å². The lowest BCUT2D eigenvalue weighted by molar-refractivity contribution is 0.101. The van der Waals surface area contributed by atoms with Crippen molar-refractivity contribution in [1.29, 1.82) is 0 Å². The minimum atomic E-state index is -0.320. The topological polar surface area (TPSA) is 67.6 Å². The summed E-state index contributed by atoms with van der Waals surface area (Å²) in [5.74, 6) is 0.712. The van der Waals surface area contributed by atoms with Gasteiger partial charge in [0.1, 0.15) is 5.82 Å². The predicted molar refractivity (Wildman–Crippen MR) is 103 cm³/mol. The Kier molecular flexibility index (Phi) is 4.71. The fraction of sp³-hybridized carbons (Fsp3) is 0.421. The highest BCUT2D eigenvalue weighted by molar-refractivity contribution is 5.96. The number of hydrogen-bond acceptors (Lipinski definition) is 5. The van der Waals surface area contributed by atoms with E-state index in [-0.39, 0.29) is 17.0 Å². The van der Waals surface area contributed by atoms with Gasteiger partial charge in [-0.15, -0.1) is 0 Å². The Morgan fingerprint density at radius 3 is 2.15 bits per heavy atom. The third kappa shape index (κ3) is 3.16. The zero-order valence-electron chi connectivity index (χ0n) is 15.7. The van der Waals surface area contributed by atoms with Gasteiger partial charge in [0.25, 0.3) is 5.56 Å². The average Bonchev–Trinajstić information content (AvgIpc) is 2.63. The highest BCUT2D eigenvalue weighted by Gasteiger charge is 2.21. The lowest BCUT2D eigenvalue weighted by Crippen LogP contribution is -2.49. The van der Waals surface area contributed by atoms with Gasteiger partial charge in [0.2, 0.25) is 0 Å². The molecule has 0 aliphatic carbocycles. The molecule has 1 aromatic carbocycles. The molecule has 0 radical (unpaired) electrons. The van der Waals surface area contributed by atoms with Gasteiger partial charge < -0.3 is 9.80 Å².